The van der Waals surface area contributed by atoms with Crippen LogP contribution in [0.4, 0.5) is 0 Å². The molecule has 1 fully saturated rings. The fourth-order valence-electron chi connectivity index (χ4n) is 4.35. The summed E-state index contributed by atoms with van der Waals surface area (Å²) in [4.78, 5) is 29.4. The molecule has 0 unspecified atom stereocenters. The molecule has 1 aliphatic heterocycles. The fraction of sp³-hybridized carbons (Fsp3) is 0.231. The van der Waals surface area contributed by atoms with Crippen LogP contribution in [0, 0.1) is 0 Å². The molecule has 32 heavy (non-hydrogen) atoms. The Balaban J connectivity index is 1.26. The van der Waals surface area contributed by atoms with Gasteiger partial charge in [0.25, 0.3) is 5.91 Å². The van der Waals surface area contributed by atoms with Crippen LogP contribution in [0.2, 0.25) is 0 Å². The van der Waals surface area contributed by atoms with E-state index in [9.17, 15) is 9.59 Å². The first-order chi connectivity index (χ1) is 15.6. The van der Waals surface area contributed by atoms with Gasteiger partial charge < -0.3 is 19.0 Å². The molecule has 0 saturated carbocycles. The van der Waals surface area contributed by atoms with E-state index in [4.69, 9.17) is 9.15 Å². The summed E-state index contributed by atoms with van der Waals surface area (Å²) in [5.74, 6) is 0.751. The smallest absolute Gasteiger partial charge is 0.253 e. The zero-order chi connectivity index (χ0) is 22.1. The molecule has 0 atom stereocenters. The molecule has 162 valence electrons. The minimum absolute atomic E-state index is 0.0212. The van der Waals surface area contributed by atoms with Crippen LogP contribution in [0.5, 0.6) is 5.75 Å². The molecule has 0 aliphatic carbocycles. The Bertz CT molecular complexity index is 1280. The SMILES string of the molecule is COc1ccc(C(=O)N2CCN(C(=O)Cc3coc4ccc5ccccc5c34)CC2)cc1. The van der Waals surface area contributed by atoms with Gasteiger partial charge in [-0.05, 0) is 41.1 Å². The molecular weight excluding hydrogens is 404 g/mol. The topological polar surface area (TPSA) is 63.0 Å². The molecule has 1 aromatic heterocycles. The van der Waals surface area contributed by atoms with E-state index in [1.165, 1.54) is 0 Å². The van der Waals surface area contributed by atoms with Gasteiger partial charge in [0.05, 0.1) is 19.8 Å². The predicted molar refractivity (Wildman–Crippen MR) is 123 cm³/mol. The van der Waals surface area contributed by atoms with Gasteiger partial charge >= 0.3 is 0 Å². The third kappa shape index (κ3) is 3.68. The number of piperazine rings is 1. The summed E-state index contributed by atoms with van der Waals surface area (Å²) in [6.45, 7) is 2.09. The molecule has 5 rings (SSSR count). The summed E-state index contributed by atoms with van der Waals surface area (Å²) in [6.07, 6.45) is 1.98. The van der Waals surface area contributed by atoms with Gasteiger partial charge in [0.2, 0.25) is 5.91 Å². The van der Waals surface area contributed by atoms with Gasteiger partial charge in [0, 0.05) is 42.7 Å². The molecule has 2 heterocycles. The molecule has 2 amide bonds. The Kier molecular flexibility index (Phi) is 5.27. The summed E-state index contributed by atoms with van der Waals surface area (Å²) < 4.78 is 10.9. The van der Waals surface area contributed by atoms with Gasteiger partial charge in [-0.1, -0.05) is 30.3 Å². The first-order valence-corrected chi connectivity index (χ1v) is 10.7. The Labute approximate surface area is 186 Å². The molecule has 3 aromatic carbocycles. The quantitative estimate of drug-likeness (QED) is 0.491. The molecule has 6 heteroatoms. The summed E-state index contributed by atoms with van der Waals surface area (Å²) in [6, 6.07) is 19.2. The van der Waals surface area contributed by atoms with Crippen molar-refractivity contribution in [2.45, 2.75) is 6.42 Å². The van der Waals surface area contributed by atoms with Crippen LogP contribution in [-0.2, 0) is 11.2 Å². The van der Waals surface area contributed by atoms with Crippen molar-refractivity contribution in [2.24, 2.45) is 0 Å². The first-order valence-electron chi connectivity index (χ1n) is 10.7. The average Bonchev–Trinajstić information content (AvgIpc) is 3.27. The number of methoxy groups -OCH3 is 1. The highest BCUT2D eigenvalue weighted by molar-refractivity contribution is 6.08. The highest BCUT2D eigenvalue weighted by Gasteiger charge is 2.25. The first kappa shape index (κ1) is 20.1. The maximum absolute atomic E-state index is 13.0. The molecule has 0 spiro atoms. The van der Waals surface area contributed by atoms with Crippen LogP contribution in [0.15, 0.2) is 71.3 Å². The summed E-state index contributed by atoms with van der Waals surface area (Å²) >= 11 is 0. The van der Waals surface area contributed by atoms with Crippen LogP contribution in [-0.4, -0.2) is 54.9 Å². The van der Waals surface area contributed by atoms with Crippen molar-refractivity contribution in [3.05, 3.63) is 78.1 Å². The minimum atomic E-state index is -0.0212. The lowest BCUT2D eigenvalue weighted by Crippen LogP contribution is -2.51. The number of amides is 2. The number of hydrogen-bond acceptors (Lipinski definition) is 4. The van der Waals surface area contributed by atoms with Crippen molar-refractivity contribution >= 4 is 33.6 Å². The highest BCUT2D eigenvalue weighted by atomic mass is 16.5. The van der Waals surface area contributed by atoms with Crippen LogP contribution >= 0.6 is 0 Å². The van der Waals surface area contributed by atoms with Crippen LogP contribution in [0.25, 0.3) is 21.7 Å². The second-order valence-corrected chi connectivity index (χ2v) is 8.00. The highest BCUT2D eigenvalue weighted by Crippen LogP contribution is 2.30. The van der Waals surface area contributed by atoms with Crippen LogP contribution in [0.1, 0.15) is 15.9 Å². The predicted octanol–water partition coefficient (Wildman–Crippen LogP) is 4.12. The molecule has 0 radical (unpaired) electrons. The molecule has 6 nitrogen and oxygen atoms in total. The average molecular weight is 428 g/mol. The summed E-state index contributed by atoms with van der Waals surface area (Å²) in [5.41, 5.74) is 2.32. The number of rotatable bonds is 4. The van der Waals surface area contributed by atoms with Crippen molar-refractivity contribution in [3.8, 4) is 5.75 Å². The molecular formula is C26H24N2O4. The van der Waals surface area contributed by atoms with Gasteiger partial charge in [-0.3, -0.25) is 9.59 Å². The van der Waals surface area contributed by atoms with Crippen LogP contribution in [0.3, 0.4) is 0 Å². The molecule has 1 aliphatic rings. The van der Waals surface area contributed by atoms with Crippen molar-refractivity contribution in [2.75, 3.05) is 33.3 Å². The van der Waals surface area contributed by atoms with Gasteiger partial charge in [0.15, 0.2) is 0 Å². The second kappa shape index (κ2) is 8.38. The monoisotopic (exact) mass is 428 g/mol. The van der Waals surface area contributed by atoms with Crippen molar-refractivity contribution in [1.82, 2.24) is 9.80 Å². The number of furan rings is 1. The third-order valence-corrected chi connectivity index (χ3v) is 6.14. The van der Waals surface area contributed by atoms with E-state index in [0.717, 1.165) is 33.1 Å². The molecule has 0 bridgehead atoms. The van der Waals surface area contributed by atoms with E-state index in [1.807, 2.05) is 29.2 Å². The number of fused-ring (bicyclic) bond motifs is 3. The third-order valence-electron chi connectivity index (χ3n) is 6.14. The Morgan fingerprint density at radius 2 is 1.62 bits per heavy atom. The molecule has 1 saturated heterocycles. The summed E-state index contributed by atoms with van der Waals surface area (Å²) in [5, 5.41) is 3.22. The number of benzene rings is 3. The van der Waals surface area contributed by atoms with Crippen LogP contribution < -0.4 is 4.74 Å². The van der Waals surface area contributed by atoms with Crippen molar-refractivity contribution in [1.29, 1.82) is 0 Å². The van der Waals surface area contributed by atoms with E-state index >= 15 is 0 Å². The van der Waals surface area contributed by atoms with E-state index in [0.29, 0.717) is 31.7 Å². The van der Waals surface area contributed by atoms with E-state index in [-0.39, 0.29) is 18.2 Å². The zero-order valence-electron chi connectivity index (χ0n) is 17.9. The van der Waals surface area contributed by atoms with E-state index < -0.39 is 0 Å². The van der Waals surface area contributed by atoms with Gasteiger partial charge in [-0.25, -0.2) is 0 Å². The standard InChI is InChI=1S/C26H24N2O4/c1-31-21-9-6-19(7-10-21)26(30)28-14-12-27(13-15-28)24(29)16-20-17-32-23-11-8-18-4-2-3-5-22(18)25(20)23/h2-11,17H,12-16H2,1H3. The van der Waals surface area contributed by atoms with Gasteiger partial charge in [-0.15, -0.1) is 0 Å². The largest absolute Gasteiger partial charge is 0.497 e. The molecule has 4 aromatic rings. The van der Waals surface area contributed by atoms with Crippen molar-refractivity contribution in [3.63, 3.8) is 0 Å². The van der Waals surface area contributed by atoms with Gasteiger partial charge in [0.1, 0.15) is 11.3 Å². The zero-order valence-corrected chi connectivity index (χ0v) is 17.9. The maximum atomic E-state index is 13.0. The van der Waals surface area contributed by atoms with Crippen molar-refractivity contribution < 1.29 is 18.7 Å². The number of carbonyl (C=O) groups excluding carboxylic acids is 2. The van der Waals surface area contributed by atoms with Gasteiger partial charge in [-0.2, -0.15) is 0 Å². The number of hydrogen-bond donors (Lipinski definition) is 0. The Morgan fingerprint density at radius 3 is 2.38 bits per heavy atom. The van der Waals surface area contributed by atoms with E-state index in [2.05, 4.69) is 12.1 Å². The number of ether oxygens (including phenoxy) is 1. The number of nitrogens with zero attached hydrogens (tertiary/aromatic N) is 2. The second-order valence-electron chi connectivity index (χ2n) is 8.00. The maximum Gasteiger partial charge on any atom is 0.253 e. The lowest BCUT2D eigenvalue weighted by atomic mass is 10.0. The molecule has 0 N–H and O–H groups in total. The van der Waals surface area contributed by atoms with E-state index in [1.54, 1.807) is 42.5 Å². The lowest BCUT2D eigenvalue weighted by molar-refractivity contribution is -0.131. The fourth-order valence-corrected chi connectivity index (χ4v) is 4.35. The lowest BCUT2D eigenvalue weighted by Gasteiger charge is -2.35. The minimum Gasteiger partial charge on any atom is -0.497 e. The number of carbonyl (C=O) groups is 2. The normalized spacial score (nSPS) is 14.2. The Hall–Kier alpha value is -3.80. The Morgan fingerprint density at radius 1 is 0.906 bits per heavy atom. The summed E-state index contributed by atoms with van der Waals surface area (Å²) in [7, 11) is 1.60.